The number of amides is 1. The van der Waals surface area contributed by atoms with Gasteiger partial charge >= 0.3 is 0 Å². The van der Waals surface area contributed by atoms with Crippen molar-refractivity contribution in [3.63, 3.8) is 0 Å². The Morgan fingerprint density at radius 1 is 1.27 bits per heavy atom. The van der Waals surface area contributed by atoms with Gasteiger partial charge in [0.15, 0.2) is 10.8 Å². The first kappa shape index (κ1) is 22.2. The molecule has 160 valence electrons. The first-order valence-electron chi connectivity index (χ1n) is 9.79. The topological polar surface area (TPSA) is 94.0 Å². The third-order valence-corrected chi connectivity index (χ3v) is 5.27. The third-order valence-electron chi connectivity index (χ3n) is 4.31. The summed E-state index contributed by atoms with van der Waals surface area (Å²) in [6.45, 7) is 5.84. The summed E-state index contributed by atoms with van der Waals surface area (Å²) >= 11 is 7.60. The Kier molecular flexibility index (Phi) is 7.75. The maximum absolute atomic E-state index is 12.6. The zero-order valence-corrected chi connectivity index (χ0v) is 18.8. The number of rotatable bonds is 10. The van der Waals surface area contributed by atoms with Gasteiger partial charge in [-0.3, -0.25) is 4.79 Å². The van der Waals surface area contributed by atoms with Crippen LogP contribution in [0.5, 0.6) is 5.75 Å². The minimum absolute atomic E-state index is 0.257. The number of benzene rings is 1. The molecule has 0 spiro atoms. The van der Waals surface area contributed by atoms with Crippen molar-refractivity contribution >= 4 is 46.1 Å². The fourth-order valence-corrected chi connectivity index (χ4v) is 3.64. The van der Waals surface area contributed by atoms with Gasteiger partial charge in [0.25, 0.3) is 5.91 Å². The second-order valence-corrected chi connectivity index (χ2v) is 8.09. The molecule has 0 saturated carbocycles. The van der Waals surface area contributed by atoms with E-state index >= 15 is 0 Å². The average molecular weight is 449 g/mol. The Hall–Kier alpha value is -2.52. The Balaban J connectivity index is 1.75. The van der Waals surface area contributed by atoms with Gasteiger partial charge in [0, 0.05) is 18.1 Å². The number of halogens is 1. The minimum Gasteiger partial charge on any atom is -0.496 e. The molecule has 30 heavy (non-hydrogen) atoms. The number of methoxy groups -OCH3 is 1. The Morgan fingerprint density at radius 2 is 2.10 bits per heavy atom. The van der Waals surface area contributed by atoms with Crippen LogP contribution in [-0.4, -0.2) is 51.6 Å². The van der Waals surface area contributed by atoms with Gasteiger partial charge in [-0.1, -0.05) is 37.2 Å². The van der Waals surface area contributed by atoms with Gasteiger partial charge in [-0.05, 0) is 30.4 Å². The second-order valence-electron chi connectivity index (χ2n) is 6.42. The predicted molar refractivity (Wildman–Crippen MR) is 121 cm³/mol. The van der Waals surface area contributed by atoms with Crippen molar-refractivity contribution in [3.05, 3.63) is 35.0 Å². The first-order valence-corrected chi connectivity index (χ1v) is 11.2. The number of ether oxygens (including phenoxy) is 1. The summed E-state index contributed by atoms with van der Waals surface area (Å²) in [5, 5.41) is 12.7. The monoisotopic (exact) mass is 448 g/mol. The van der Waals surface area contributed by atoms with E-state index in [0.29, 0.717) is 34.6 Å². The molecule has 1 amide bonds. The minimum atomic E-state index is -0.257. The number of aromatic nitrogens is 4. The van der Waals surface area contributed by atoms with Crippen LogP contribution in [0.3, 0.4) is 0 Å². The van der Waals surface area contributed by atoms with Crippen molar-refractivity contribution in [2.24, 2.45) is 0 Å². The van der Waals surface area contributed by atoms with Crippen LogP contribution in [0.25, 0.3) is 11.0 Å². The van der Waals surface area contributed by atoms with Crippen LogP contribution in [0.2, 0.25) is 5.02 Å². The van der Waals surface area contributed by atoms with E-state index in [2.05, 4.69) is 39.5 Å². The number of thioether (sulfide) groups is 1. The Bertz CT molecular complexity index is 1030. The van der Waals surface area contributed by atoms with E-state index in [4.69, 9.17) is 16.3 Å². The summed E-state index contributed by atoms with van der Waals surface area (Å²) in [4.78, 5) is 21.8. The van der Waals surface area contributed by atoms with E-state index in [1.165, 1.54) is 7.11 Å². The van der Waals surface area contributed by atoms with E-state index < -0.39 is 0 Å². The number of nitrogens with one attached hydrogen (secondary N) is 2. The highest BCUT2D eigenvalue weighted by Crippen LogP contribution is 2.25. The summed E-state index contributed by atoms with van der Waals surface area (Å²) in [5.74, 6) is 1.89. The van der Waals surface area contributed by atoms with Crippen molar-refractivity contribution in [1.29, 1.82) is 0 Å². The summed E-state index contributed by atoms with van der Waals surface area (Å²) in [7, 11) is 1.52. The molecule has 0 saturated heterocycles. The quantitative estimate of drug-likeness (QED) is 0.359. The maximum atomic E-state index is 12.6. The molecular formula is C20H25ClN6O2S. The normalized spacial score (nSPS) is 10.9. The van der Waals surface area contributed by atoms with Crippen LogP contribution >= 0.6 is 23.4 Å². The molecule has 10 heteroatoms. The van der Waals surface area contributed by atoms with Gasteiger partial charge in [0.2, 0.25) is 0 Å². The molecule has 0 fully saturated rings. The summed E-state index contributed by atoms with van der Waals surface area (Å²) in [5.41, 5.74) is 1.14. The van der Waals surface area contributed by atoms with Crippen molar-refractivity contribution in [2.45, 2.75) is 32.0 Å². The van der Waals surface area contributed by atoms with Gasteiger partial charge in [-0.15, -0.1) is 0 Å². The lowest BCUT2D eigenvalue weighted by Gasteiger charge is -2.11. The highest BCUT2D eigenvalue weighted by atomic mass is 35.5. The molecule has 0 aliphatic carbocycles. The van der Waals surface area contributed by atoms with Crippen LogP contribution in [-0.2, 0) is 6.54 Å². The fraction of sp³-hybridized carbons (Fsp3) is 0.400. The van der Waals surface area contributed by atoms with Crippen molar-refractivity contribution in [1.82, 2.24) is 25.1 Å². The number of fused-ring (bicyclic) bond motifs is 1. The van der Waals surface area contributed by atoms with Crippen molar-refractivity contribution in [2.75, 3.05) is 31.3 Å². The van der Waals surface area contributed by atoms with Crippen molar-refractivity contribution < 1.29 is 9.53 Å². The molecule has 1 aromatic carbocycles. The van der Waals surface area contributed by atoms with Crippen LogP contribution in [0.1, 0.15) is 30.6 Å². The smallest absolute Gasteiger partial charge is 0.255 e. The van der Waals surface area contributed by atoms with Gasteiger partial charge in [0.1, 0.15) is 11.6 Å². The van der Waals surface area contributed by atoms with Gasteiger partial charge in [0.05, 0.1) is 30.8 Å². The van der Waals surface area contributed by atoms with Crippen LogP contribution < -0.4 is 15.4 Å². The third kappa shape index (κ3) is 5.14. The average Bonchev–Trinajstić information content (AvgIpc) is 3.15. The van der Waals surface area contributed by atoms with Crippen LogP contribution in [0.4, 0.5) is 5.82 Å². The van der Waals surface area contributed by atoms with Crippen molar-refractivity contribution in [3.8, 4) is 5.75 Å². The lowest BCUT2D eigenvalue weighted by atomic mass is 10.2. The molecule has 2 N–H and O–H groups in total. The molecule has 3 rings (SSSR count). The van der Waals surface area contributed by atoms with Crippen LogP contribution in [0, 0.1) is 0 Å². The highest BCUT2D eigenvalue weighted by Gasteiger charge is 2.15. The van der Waals surface area contributed by atoms with Gasteiger partial charge < -0.3 is 15.4 Å². The predicted octanol–water partition coefficient (Wildman–Crippen LogP) is 3.85. The maximum Gasteiger partial charge on any atom is 0.255 e. The number of anilines is 1. The zero-order chi connectivity index (χ0) is 21.5. The molecule has 0 unspecified atom stereocenters. The molecular weight excluding hydrogens is 424 g/mol. The summed E-state index contributed by atoms with van der Waals surface area (Å²) in [6, 6.07) is 4.95. The number of carbonyl (C=O) groups excluding carboxylic acids is 1. The van der Waals surface area contributed by atoms with Crippen LogP contribution in [0.15, 0.2) is 29.6 Å². The summed E-state index contributed by atoms with van der Waals surface area (Å²) < 4.78 is 7.03. The SMILES string of the molecule is CCCNc1nc(SCC)nc2c1cnn2CCNC(=O)c1cc(Cl)ccc1OC. The van der Waals surface area contributed by atoms with E-state index in [1.807, 2.05) is 0 Å². The standard InChI is InChI=1S/C20H25ClN6O2S/c1-4-8-22-17-15-12-24-27(18(15)26-20(25-17)30-5-2)10-9-23-19(28)14-11-13(21)6-7-16(14)29-3/h6-7,11-12H,4-5,8-10H2,1-3H3,(H,23,28)(H,22,25,26). The molecule has 8 nitrogen and oxygen atoms in total. The number of hydrogen-bond donors (Lipinski definition) is 2. The van der Waals surface area contributed by atoms with E-state index in [0.717, 1.165) is 35.6 Å². The van der Waals surface area contributed by atoms with Gasteiger partial charge in [-0.2, -0.15) is 5.10 Å². The van der Waals surface area contributed by atoms with E-state index in [9.17, 15) is 4.79 Å². The number of nitrogens with zero attached hydrogens (tertiary/aromatic N) is 4. The molecule has 2 aromatic heterocycles. The molecule has 2 heterocycles. The molecule has 0 aliphatic rings. The molecule has 0 aliphatic heterocycles. The number of hydrogen-bond acceptors (Lipinski definition) is 7. The van der Waals surface area contributed by atoms with E-state index in [-0.39, 0.29) is 5.91 Å². The molecule has 3 aromatic rings. The number of carbonyl (C=O) groups is 1. The second kappa shape index (κ2) is 10.5. The first-order chi connectivity index (χ1) is 14.6. The fourth-order valence-electron chi connectivity index (χ4n) is 2.90. The highest BCUT2D eigenvalue weighted by molar-refractivity contribution is 7.99. The Labute approximate surface area is 184 Å². The van der Waals surface area contributed by atoms with Gasteiger partial charge in [-0.25, -0.2) is 14.6 Å². The summed E-state index contributed by atoms with van der Waals surface area (Å²) in [6.07, 6.45) is 2.75. The lowest BCUT2D eigenvalue weighted by molar-refractivity contribution is 0.0949. The largest absolute Gasteiger partial charge is 0.496 e. The molecule has 0 radical (unpaired) electrons. The Morgan fingerprint density at radius 3 is 2.83 bits per heavy atom. The lowest BCUT2D eigenvalue weighted by Crippen LogP contribution is -2.28. The molecule has 0 bridgehead atoms. The van der Waals surface area contributed by atoms with E-state index in [1.54, 1.807) is 40.8 Å². The molecule has 0 atom stereocenters. The zero-order valence-electron chi connectivity index (χ0n) is 17.2.